The molecule has 0 aromatic heterocycles. The fourth-order valence-electron chi connectivity index (χ4n) is 0.733. The average Bonchev–Trinajstić information content (AvgIpc) is 2.02. The maximum absolute atomic E-state index is 10.6. The first-order valence-corrected chi connectivity index (χ1v) is 6.85. The van der Waals surface area contributed by atoms with Crippen molar-refractivity contribution in [2.24, 2.45) is 5.14 Å². The molecule has 4 N–H and O–H groups in total. The first-order chi connectivity index (χ1) is 6.03. The predicted octanol–water partition coefficient (Wildman–Crippen LogP) is 1.24. The Morgan fingerprint density at radius 2 is 2.00 bits per heavy atom. The number of hydrogen-bond donors (Lipinski definition) is 3. The van der Waals surface area contributed by atoms with Crippen molar-refractivity contribution in [3.63, 3.8) is 0 Å². The molecule has 0 aliphatic heterocycles. The molecule has 0 aliphatic carbocycles. The third-order valence-corrected chi connectivity index (χ3v) is 3.86. The summed E-state index contributed by atoms with van der Waals surface area (Å²) >= 11 is 0.967. The Kier molecular flexibility index (Phi) is 3.65. The Balaban J connectivity index is 3.23. The average molecular weight is 238 g/mol. The van der Waals surface area contributed by atoms with Gasteiger partial charge in [0.05, 0.1) is 4.90 Å². The Labute approximate surface area is 84.0 Å². The molecule has 0 saturated heterocycles. The fraction of sp³-hybridized carbons (Fsp3) is 0. The fourth-order valence-corrected chi connectivity index (χ4v) is 3.16. The van der Waals surface area contributed by atoms with Crippen LogP contribution in [-0.4, -0.2) is 13.3 Å². The highest BCUT2D eigenvalue weighted by Gasteiger charge is 2.17. The van der Waals surface area contributed by atoms with Gasteiger partial charge in [0.15, 0.2) is 0 Å². The van der Waals surface area contributed by atoms with E-state index in [0.717, 1.165) is 11.9 Å². The highest BCUT2D eigenvalue weighted by Crippen LogP contribution is 2.18. The van der Waals surface area contributed by atoms with Crippen LogP contribution >= 0.6 is 11.9 Å². The molecule has 0 radical (unpaired) electrons. The van der Waals surface area contributed by atoms with Gasteiger partial charge in [-0.15, -0.1) is 0 Å². The summed E-state index contributed by atoms with van der Waals surface area (Å²) in [5, 5.41) is 5.32. The Bertz CT molecular complexity index is 403. The van der Waals surface area contributed by atoms with Crippen LogP contribution < -0.4 is 5.14 Å². The van der Waals surface area contributed by atoms with E-state index < -0.39 is 9.05 Å². The van der Waals surface area contributed by atoms with Crippen molar-refractivity contribution in [3.8, 4) is 0 Å². The van der Waals surface area contributed by atoms with Crippen molar-refractivity contribution in [1.82, 2.24) is 0 Å². The monoisotopic (exact) mass is 238 g/mol. The van der Waals surface area contributed by atoms with Crippen LogP contribution in [0.3, 0.4) is 0 Å². The quantitative estimate of drug-likeness (QED) is 0.533. The molecule has 1 aromatic carbocycles. The number of rotatable bonds is 2. The second-order valence-corrected chi connectivity index (χ2v) is 6.08. The number of benzene rings is 1. The van der Waals surface area contributed by atoms with Gasteiger partial charge in [-0.05, 0) is 18.0 Å². The molecule has 0 amide bonds. The molecule has 0 atom stereocenters. The highest BCUT2D eigenvalue weighted by molar-refractivity contribution is 8.34. The van der Waals surface area contributed by atoms with Gasteiger partial charge in [-0.2, -0.15) is 4.21 Å². The SMILES string of the molecule is NSc1ccccc1[S+]=S(=O)(O)O. The van der Waals surface area contributed by atoms with Crippen molar-refractivity contribution < 1.29 is 13.3 Å². The largest absolute Gasteiger partial charge is 0.436 e. The molecular formula is C6H8NO3S3+. The van der Waals surface area contributed by atoms with Crippen molar-refractivity contribution in [1.29, 1.82) is 0 Å². The lowest BCUT2D eigenvalue weighted by Gasteiger charge is -1.90. The second-order valence-electron chi connectivity index (χ2n) is 2.10. The third-order valence-electron chi connectivity index (χ3n) is 1.17. The Morgan fingerprint density at radius 3 is 2.54 bits per heavy atom. The minimum Gasteiger partial charge on any atom is -0.273 e. The number of hydrogen-bond acceptors (Lipinski definition) is 3. The summed E-state index contributed by atoms with van der Waals surface area (Å²) in [4.78, 5) is 1.15. The van der Waals surface area contributed by atoms with E-state index in [0.29, 0.717) is 20.1 Å². The molecule has 0 heterocycles. The Hall–Kier alpha value is -0.180. The zero-order valence-corrected chi connectivity index (χ0v) is 8.86. The molecule has 72 valence electrons. The van der Waals surface area contributed by atoms with E-state index >= 15 is 0 Å². The summed E-state index contributed by atoms with van der Waals surface area (Å²) in [6.45, 7) is 0. The van der Waals surface area contributed by atoms with Gasteiger partial charge in [0.1, 0.15) is 0 Å². The van der Waals surface area contributed by atoms with Crippen LogP contribution in [0, 0.1) is 0 Å². The third kappa shape index (κ3) is 3.59. The highest BCUT2D eigenvalue weighted by atomic mass is 32.9. The molecule has 7 heteroatoms. The summed E-state index contributed by atoms with van der Waals surface area (Å²) in [5.41, 5.74) is 0. The van der Waals surface area contributed by atoms with Crippen LogP contribution in [0.5, 0.6) is 0 Å². The standard InChI is InChI=1S/C6H7NO3S3/c7-11-5-3-1-2-4-6(5)12-13(8,9)10/h1-4H,7H2,(H-,8,9,10)/p+1. The zero-order chi connectivity index (χ0) is 9.90. The molecule has 0 unspecified atom stereocenters. The van der Waals surface area contributed by atoms with E-state index in [1.807, 2.05) is 0 Å². The summed E-state index contributed by atoms with van der Waals surface area (Å²) in [6.07, 6.45) is 0. The maximum atomic E-state index is 10.6. The molecule has 0 saturated carbocycles. The van der Waals surface area contributed by atoms with Crippen molar-refractivity contribution in [2.75, 3.05) is 0 Å². The van der Waals surface area contributed by atoms with Crippen LogP contribution in [0.25, 0.3) is 0 Å². The second kappa shape index (κ2) is 4.36. The van der Waals surface area contributed by atoms with Gasteiger partial charge in [0.25, 0.3) is 4.90 Å². The summed E-state index contributed by atoms with van der Waals surface area (Å²) in [5.74, 6) is 0. The van der Waals surface area contributed by atoms with E-state index in [-0.39, 0.29) is 0 Å². The van der Waals surface area contributed by atoms with Crippen LogP contribution in [0.4, 0.5) is 0 Å². The van der Waals surface area contributed by atoms with Crippen molar-refractivity contribution >= 4 is 31.3 Å². The van der Waals surface area contributed by atoms with Gasteiger partial charge in [-0.3, -0.25) is 14.2 Å². The van der Waals surface area contributed by atoms with E-state index in [4.69, 9.17) is 14.2 Å². The lowest BCUT2D eigenvalue weighted by molar-refractivity contribution is 0.450. The van der Waals surface area contributed by atoms with Crippen LogP contribution in [-0.2, 0) is 19.4 Å². The Morgan fingerprint density at radius 1 is 1.38 bits per heavy atom. The molecular weight excluding hydrogens is 230 g/mol. The summed E-state index contributed by atoms with van der Waals surface area (Å²) in [6, 6.07) is 6.78. The van der Waals surface area contributed by atoms with Gasteiger partial charge in [0, 0.05) is 6.07 Å². The van der Waals surface area contributed by atoms with Gasteiger partial charge < -0.3 is 0 Å². The van der Waals surface area contributed by atoms with Gasteiger partial charge >= 0.3 is 19.4 Å². The van der Waals surface area contributed by atoms with Crippen molar-refractivity contribution in [3.05, 3.63) is 24.3 Å². The first kappa shape index (κ1) is 10.9. The van der Waals surface area contributed by atoms with Crippen LogP contribution in [0.1, 0.15) is 0 Å². The minimum absolute atomic E-state index is 0.490. The zero-order valence-electron chi connectivity index (χ0n) is 6.41. The van der Waals surface area contributed by atoms with Crippen molar-refractivity contribution in [2.45, 2.75) is 9.79 Å². The summed E-state index contributed by atoms with van der Waals surface area (Å²) < 4.78 is 28.0. The predicted molar refractivity (Wildman–Crippen MR) is 55.5 cm³/mol. The first-order valence-electron chi connectivity index (χ1n) is 3.17. The molecule has 13 heavy (non-hydrogen) atoms. The summed E-state index contributed by atoms with van der Waals surface area (Å²) in [7, 11) is -3.32. The molecule has 1 aromatic rings. The molecule has 0 spiro atoms. The lowest BCUT2D eigenvalue weighted by Crippen LogP contribution is -1.96. The lowest BCUT2D eigenvalue weighted by atomic mass is 10.4. The molecule has 0 fully saturated rings. The van der Waals surface area contributed by atoms with Gasteiger partial charge in [-0.25, -0.2) is 0 Å². The topological polar surface area (TPSA) is 83.6 Å². The molecule has 4 nitrogen and oxygen atoms in total. The maximum Gasteiger partial charge on any atom is 0.436 e. The van der Waals surface area contributed by atoms with E-state index in [1.54, 1.807) is 24.3 Å². The normalized spacial score (nSPS) is 11.3. The number of nitrogens with two attached hydrogens (primary N) is 1. The van der Waals surface area contributed by atoms with Crippen LogP contribution in [0.2, 0.25) is 0 Å². The molecule has 1 rings (SSSR count). The van der Waals surface area contributed by atoms with Gasteiger partial charge in [0.2, 0.25) is 0 Å². The van der Waals surface area contributed by atoms with E-state index in [1.165, 1.54) is 0 Å². The van der Waals surface area contributed by atoms with Crippen LogP contribution in [0.15, 0.2) is 34.1 Å². The minimum atomic E-state index is -3.81. The molecule has 0 aliphatic rings. The smallest absolute Gasteiger partial charge is 0.273 e. The van der Waals surface area contributed by atoms with E-state index in [2.05, 4.69) is 0 Å². The van der Waals surface area contributed by atoms with E-state index in [9.17, 15) is 4.21 Å². The molecule has 0 bridgehead atoms. The van der Waals surface area contributed by atoms with Gasteiger partial charge in [-0.1, -0.05) is 12.1 Å².